The Hall–Kier alpha value is -2.28. The van der Waals surface area contributed by atoms with Gasteiger partial charge >= 0.3 is 0 Å². The molecule has 2 rings (SSSR count). The molecule has 186 valence electrons. The lowest BCUT2D eigenvalue weighted by atomic mass is 9.95. The maximum absolute atomic E-state index is 12.9. The molecular weight excluding hydrogens is 418 g/mol. The molecule has 3 N–H and O–H groups in total. The van der Waals surface area contributed by atoms with E-state index in [4.69, 9.17) is 4.74 Å². The van der Waals surface area contributed by atoms with E-state index in [1.54, 1.807) is 12.1 Å². The fourth-order valence-corrected chi connectivity index (χ4v) is 4.48. The lowest BCUT2D eigenvalue weighted by molar-refractivity contribution is -0.123. The first kappa shape index (κ1) is 27.0. The average Bonchev–Trinajstić information content (AvgIpc) is 3.28. The van der Waals surface area contributed by atoms with E-state index >= 15 is 0 Å². The summed E-state index contributed by atoms with van der Waals surface area (Å²) in [6, 6.07) is 4.02. The molecule has 1 fully saturated rings. The van der Waals surface area contributed by atoms with Crippen molar-refractivity contribution >= 4 is 11.8 Å². The van der Waals surface area contributed by atoms with Crippen molar-refractivity contribution in [1.29, 1.82) is 0 Å². The third-order valence-corrected chi connectivity index (χ3v) is 6.75. The first-order valence-corrected chi connectivity index (χ1v) is 12.5. The summed E-state index contributed by atoms with van der Waals surface area (Å²) in [4.78, 5) is 27.9. The third-order valence-electron chi connectivity index (χ3n) is 6.75. The number of phenols is 1. The van der Waals surface area contributed by atoms with Gasteiger partial charge in [0.2, 0.25) is 5.91 Å². The van der Waals surface area contributed by atoms with Crippen molar-refractivity contribution in [3.05, 3.63) is 23.8 Å². The van der Waals surface area contributed by atoms with E-state index in [-0.39, 0.29) is 23.1 Å². The summed E-state index contributed by atoms with van der Waals surface area (Å²) in [6.45, 7) is 5.26. The number of carbonyl (C=O) groups is 2. The Labute approximate surface area is 199 Å². The molecule has 7 heteroatoms. The standard InChI is InChI=1S/C26H43N3O4/c1-5-7-8-11-17-33-23-14-13-20(18-22(23)30)24(31)28-21(12-6-2)25(32)27-19-26(29(3)4)15-9-10-16-26/h13-14,18,21,30H,5-12,15-17,19H2,1-4H3,(H,27,32)(H,28,31)/t21-/m0/s1. The predicted molar refractivity (Wildman–Crippen MR) is 132 cm³/mol. The summed E-state index contributed by atoms with van der Waals surface area (Å²) >= 11 is 0. The van der Waals surface area contributed by atoms with Gasteiger partial charge in [-0.3, -0.25) is 9.59 Å². The van der Waals surface area contributed by atoms with E-state index in [1.165, 1.54) is 18.9 Å². The molecule has 1 aromatic rings. The fraction of sp³-hybridized carbons (Fsp3) is 0.692. The predicted octanol–water partition coefficient (Wildman–Crippen LogP) is 4.24. The van der Waals surface area contributed by atoms with Crippen molar-refractivity contribution in [1.82, 2.24) is 15.5 Å². The maximum atomic E-state index is 12.9. The number of ether oxygens (including phenoxy) is 1. The minimum absolute atomic E-state index is 0.00536. The molecule has 0 aromatic heterocycles. The molecule has 33 heavy (non-hydrogen) atoms. The van der Waals surface area contributed by atoms with E-state index in [9.17, 15) is 14.7 Å². The van der Waals surface area contributed by atoms with Gasteiger partial charge in [0.25, 0.3) is 5.91 Å². The second kappa shape index (κ2) is 13.4. The number of hydrogen-bond acceptors (Lipinski definition) is 5. The number of unbranched alkanes of at least 4 members (excludes halogenated alkanes) is 3. The topological polar surface area (TPSA) is 90.9 Å². The highest BCUT2D eigenvalue weighted by Gasteiger charge is 2.36. The van der Waals surface area contributed by atoms with Crippen LogP contribution in [0.3, 0.4) is 0 Å². The molecule has 0 spiro atoms. The van der Waals surface area contributed by atoms with Crippen LogP contribution in [0, 0.1) is 0 Å². The van der Waals surface area contributed by atoms with Crippen molar-refractivity contribution in [3.8, 4) is 11.5 Å². The summed E-state index contributed by atoms with van der Waals surface area (Å²) in [6.07, 6.45) is 10.1. The summed E-state index contributed by atoms with van der Waals surface area (Å²) in [5, 5.41) is 16.2. The number of likely N-dealkylation sites (N-methyl/N-ethyl adjacent to an activating group) is 1. The maximum Gasteiger partial charge on any atom is 0.252 e. The summed E-state index contributed by atoms with van der Waals surface area (Å²) in [7, 11) is 4.13. The lowest BCUT2D eigenvalue weighted by Gasteiger charge is -2.37. The smallest absolute Gasteiger partial charge is 0.252 e. The van der Waals surface area contributed by atoms with Crippen molar-refractivity contribution in [2.45, 2.75) is 89.6 Å². The average molecular weight is 462 g/mol. The minimum atomic E-state index is -0.611. The van der Waals surface area contributed by atoms with Crippen LogP contribution < -0.4 is 15.4 Å². The number of nitrogens with zero attached hydrogens (tertiary/aromatic N) is 1. The Kier molecular flexibility index (Phi) is 11.0. The molecule has 0 saturated heterocycles. The van der Waals surface area contributed by atoms with Gasteiger partial charge in [0, 0.05) is 17.6 Å². The van der Waals surface area contributed by atoms with E-state index in [0.717, 1.165) is 44.9 Å². The van der Waals surface area contributed by atoms with Gasteiger partial charge in [-0.25, -0.2) is 0 Å². The zero-order valence-electron chi connectivity index (χ0n) is 20.9. The Bertz CT molecular complexity index is 760. The van der Waals surface area contributed by atoms with Gasteiger partial charge in [-0.15, -0.1) is 0 Å². The van der Waals surface area contributed by atoms with Gasteiger partial charge in [-0.05, 0) is 58.0 Å². The highest BCUT2D eigenvalue weighted by atomic mass is 16.5. The van der Waals surface area contributed by atoms with Crippen LogP contribution in [0.1, 0.15) is 88.4 Å². The molecule has 1 aliphatic carbocycles. The molecule has 0 heterocycles. The molecule has 1 aliphatic rings. The molecule has 0 unspecified atom stereocenters. The van der Waals surface area contributed by atoms with Crippen LogP contribution in [0.4, 0.5) is 0 Å². The van der Waals surface area contributed by atoms with Crippen LogP contribution >= 0.6 is 0 Å². The number of benzene rings is 1. The largest absolute Gasteiger partial charge is 0.504 e. The van der Waals surface area contributed by atoms with Crippen LogP contribution in [-0.2, 0) is 4.79 Å². The normalized spacial score (nSPS) is 15.9. The van der Waals surface area contributed by atoms with Gasteiger partial charge in [0.1, 0.15) is 6.04 Å². The molecule has 0 bridgehead atoms. The van der Waals surface area contributed by atoms with Crippen molar-refractivity contribution in [2.75, 3.05) is 27.2 Å². The number of rotatable bonds is 14. The van der Waals surface area contributed by atoms with Crippen LogP contribution in [0.2, 0.25) is 0 Å². The minimum Gasteiger partial charge on any atom is -0.504 e. The van der Waals surface area contributed by atoms with Crippen LogP contribution in [0.25, 0.3) is 0 Å². The monoisotopic (exact) mass is 461 g/mol. The highest BCUT2D eigenvalue weighted by Crippen LogP contribution is 2.33. The van der Waals surface area contributed by atoms with Gasteiger partial charge in [0.15, 0.2) is 11.5 Å². The fourth-order valence-electron chi connectivity index (χ4n) is 4.48. The lowest BCUT2D eigenvalue weighted by Crippen LogP contribution is -2.54. The van der Waals surface area contributed by atoms with Gasteiger partial charge in [-0.1, -0.05) is 52.4 Å². The van der Waals surface area contributed by atoms with E-state index in [2.05, 4.69) is 36.6 Å². The SMILES string of the molecule is CCCCCCOc1ccc(C(=O)N[C@@H](CCC)C(=O)NCC2(N(C)C)CCCC2)cc1O. The Morgan fingerprint density at radius 2 is 1.85 bits per heavy atom. The second-order valence-electron chi connectivity index (χ2n) is 9.45. The zero-order chi connectivity index (χ0) is 24.3. The Morgan fingerprint density at radius 3 is 2.45 bits per heavy atom. The van der Waals surface area contributed by atoms with Crippen LogP contribution in [0.5, 0.6) is 11.5 Å². The second-order valence-corrected chi connectivity index (χ2v) is 9.45. The molecule has 7 nitrogen and oxygen atoms in total. The Morgan fingerprint density at radius 1 is 1.12 bits per heavy atom. The number of phenolic OH excluding ortho intramolecular Hbond substituents is 1. The molecular formula is C26H43N3O4. The van der Waals surface area contributed by atoms with Crippen molar-refractivity contribution in [2.24, 2.45) is 0 Å². The van der Waals surface area contributed by atoms with E-state index < -0.39 is 6.04 Å². The molecule has 0 radical (unpaired) electrons. The number of aromatic hydroxyl groups is 1. The number of carbonyl (C=O) groups excluding carboxylic acids is 2. The van der Waals surface area contributed by atoms with Gasteiger partial charge in [0.05, 0.1) is 6.61 Å². The van der Waals surface area contributed by atoms with Crippen LogP contribution in [-0.4, -0.2) is 60.6 Å². The van der Waals surface area contributed by atoms with Crippen LogP contribution in [0.15, 0.2) is 18.2 Å². The summed E-state index contributed by atoms with van der Waals surface area (Å²) in [5.41, 5.74) is 0.300. The number of nitrogens with one attached hydrogen (secondary N) is 2. The molecule has 0 aliphatic heterocycles. The van der Waals surface area contributed by atoms with Crippen molar-refractivity contribution < 1.29 is 19.4 Å². The van der Waals surface area contributed by atoms with Crippen molar-refractivity contribution in [3.63, 3.8) is 0 Å². The van der Waals surface area contributed by atoms with E-state index in [1.807, 2.05) is 6.92 Å². The third kappa shape index (κ3) is 7.91. The summed E-state index contributed by atoms with van der Waals surface area (Å²) in [5.74, 6) is -0.230. The van der Waals surface area contributed by atoms with Gasteiger partial charge < -0.3 is 25.4 Å². The first-order chi connectivity index (χ1) is 15.8. The molecule has 1 saturated carbocycles. The highest BCUT2D eigenvalue weighted by molar-refractivity contribution is 5.98. The van der Waals surface area contributed by atoms with E-state index in [0.29, 0.717) is 30.9 Å². The summed E-state index contributed by atoms with van der Waals surface area (Å²) < 4.78 is 5.64. The number of amides is 2. The molecule has 1 atom stereocenters. The quantitative estimate of drug-likeness (QED) is 0.361. The zero-order valence-corrected chi connectivity index (χ0v) is 20.9. The molecule has 1 aromatic carbocycles. The molecule has 2 amide bonds. The van der Waals surface area contributed by atoms with Gasteiger partial charge in [-0.2, -0.15) is 0 Å². The first-order valence-electron chi connectivity index (χ1n) is 12.5. The Balaban J connectivity index is 1.94. The number of hydrogen-bond donors (Lipinski definition) is 3.